The molecule has 3 fully saturated rings. The first-order valence-corrected chi connectivity index (χ1v) is 7.43. The van der Waals surface area contributed by atoms with Crippen LogP contribution < -0.4 is 0 Å². The van der Waals surface area contributed by atoms with Crippen LogP contribution in [0.5, 0.6) is 0 Å². The van der Waals surface area contributed by atoms with Gasteiger partial charge in [0.15, 0.2) is 0 Å². The topological polar surface area (TPSA) is 3.24 Å². The van der Waals surface area contributed by atoms with Gasteiger partial charge in [0.2, 0.25) is 0 Å². The van der Waals surface area contributed by atoms with E-state index in [1.807, 2.05) is 0 Å². The lowest BCUT2D eigenvalue weighted by Crippen LogP contribution is -2.76. The summed E-state index contributed by atoms with van der Waals surface area (Å²) in [6, 6.07) is 2.13. The zero-order valence-electron chi connectivity index (χ0n) is 13.0. The summed E-state index contributed by atoms with van der Waals surface area (Å²) >= 11 is 0. The molecule has 0 aromatic heterocycles. The minimum atomic E-state index is 0.541. The molecule has 0 spiro atoms. The molecule has 2 saturated heterocycles. The van der Waals surface area contributed by atoms with Gasteiger partial charge in [-0.3, -0.25) is 4.90 Å². The summed E-state index contributed by atoms with van der Waals surface area (Å²) in [5.74, 6) is 1.72. The van der Waals surface area contributed by atoms with Crippen molar-refractivity contribution in [1.82, 2.24) is 4.90 Å². The number of hydrogen-bond donors (Lipinski definition) is 0. The number of nitrogens with zero attached hydrogens (tertiary/aromatic N) is 1. The van der Waals surface area contributed by atoms with Gasteiger partial charge < -0.3 is 0 Å². The van der Waals surface area contributed by atoms with Gasteiger partial charge >= 0.3 is 0 Å². The van der Waals surface area contributed by atoms with E-state index in [4.69, 9.17) is 0 Å². The maximum absolute atomic E-state index is 2.77. The second-order valence-corrected chi connectivity index (χ2v) is 7.80. The average molecular weight is 237 g/mol. The summed E-state index contributed by atoms with van der Waals surface area (Å²) in [6.07, 6.45) is 1.42. The Morgan fingerprint density at radius 3 is 1.65 bits per heavy atom. The van der Waals surface area contributed by atoms with Crippen LogP contribution in [0.2, 0.25) is 0 Å². The van der Waals surface area contributed by atoms with Crippen LogP contribution in [-0.4, -0.2) is 23.0 Å². The van der Waals surface area contributed by atoms with Crippen molar-refractivity contribution in [2.45, 2.75) is 79.9 Å². The molecule has 4 atom stereocenters. The highest BCUT2D eigenvalue weighted by atomic mass is 15.3. The molecule has 0 aromatic carbocycles. The van der Waals surface area contributed by atoms with Crippen molar-refractivity contribution < 1.29 is 0 Å². The van der Waals surface area contributed by atoms with E-state index in [0.29, 0.717) is 16.9 Å². The molecule has 1 aliphatic carbocycles. The lowest BCUT2D eigenvalue weighted by atomic mass is 9.37. The second-order valence-electron chi connectivity index (χ2n) is 7.80. The SMILES string of the molecule is CC(C)C1C2(C)CC1(C)C(C)N(C(C)C)C2C. The molecule has 3 rings (SSSR count). The molecule has 1 saturated carbocycles. The number of piperidine rings is 2. The van der Waals surface area contributed by atoms with Gasteiger partial charge in [0.05, 0.1) is 0 Å². The van der Waals surface area contributed by atoms with Crippen LogP contribution in [0.4, 0.5) is 0 Å². The molecule has 17 heavy (non-hydrogen) atoms. The quantitative estimate of drug-likeness (QED) is 0.696. The highest BCUT2D eigenvalue weighted by molar-refractivity contribution is 5.19. The summed E-state index contributed by atoms with van der Waals surface area (Å²) in [5, 5.41) is 0. The standard InChI is InChI=1S/C16H31N/c1-10(2)14-15(7)9-16(14,8)13(6)17(11(3)4)12(15)5/h10-14H,9H2,1-8H3. The molecule has 0 radical (unpaired) electrons. The van der Waals surface area contributed by atoms with E-state index in [1.54, 1.807) is 0 Å². The smallest absolute Gasteiger partial charge is 0.0130 e. The minimum Gasteiger partial charge on any atom is -0.294 e. The van der Waals surface area contributed by atoms with Crippen LogP contribution in [0, 0.1) is 22.7 Å². The fraction of sp³-hybridized carbons (Fsp3) is 1.00. The van der Waals surface area contributed by atoms with Crippen molar-refractivity contribution in [3.05, 3.63) is 0 Å². The van der Waals surface area contributed by atoms with E-state index in [-0.39, 0.29) is 0 Å². The Labute approximate surface area is 108 Å². The molecule has 1 nitrogen and oxygen atoms in total. The largest absolute Gasteiger partial charge is 0.294 e. The molecular formula is C16H31N. The lowest BCUT2D eigenvalue weighted by Gasteiger charge is -2.75. The van der Waals surface area contributed by atoms with Gasteiger partial charge in [0.1, 0.15) is 0 Å². The molecule has 0 N–H and O–H groups in total. The van der Waals surface area contributed by atoms with Gasteiger partial charge in [-0.15, -0.1) is 0 Å². The Morgan fingerprint density at radius 1 is 0.941 bits per heavy atom. The maximum atomic E-state index is 2.77. The normalized spacial score (nSPS) is 50.8. The first-order valence-electron chi connectivity index (χ1n) is 7.43. The molecule has 4 unspecified atom stereocenters. The molecule has 3 aliphatic rings. The predicted octanol–water partition coefficient (Wildman–Crippen LogP) is 4.18. The van der Waals surface area contributed by atoms with Crippen LogP contribution in [0.25, 0.3) is 0 Å². The molecular weight excluding hydrogens is 206 g/mol. The van der Waals surface area contributed by atoms with Crippen LogP contribution in [0.1, 0.15) is 61.8 Å². The summed E-state index contributed by atoms with van der Waals surface area (Å²) in [4.78, 5) is 2.77. The second kappa shape index (κ2) is 3.73. The van der Waals surface area contributed by atoms with E-state index in [1.165, 1.54) is 6.42 Å². The number of fused-ring (bicyclic) bond motifs is 2. The first kappa shape index (κ1) is 13.4. The van der Waals surface area contributed by atoms with E-state index >= 15 is 0 Å². The third-order valence-electron chi connectivity index (χ3n) is 6.25. The minimum absolute atomic E-state index is 0.541. The highest BCUT2D eigenvalue weighted by Crippen LogP contribution is 2.70. The highest BCUT2D eigenvalue weighted by Gasteiger charge is 2.68. The number of rotatable bonds is 2. The maximum Gasteiger partial charge on any atom is 0.0130 e. The van der Waals surface area contributed by atoms with Gasteiger partial charge in [-0.1, -0.05) is 27.7 Å². The fourth-order valence-corrected chi connectivity index (χ4v) is 5.91. The summed E-state index contributed by atoms with van der Waals surface area (Å²) in [5.41, 5.74) is 1.08. The summed E-state index contributed by atoms with van der Waals surface area (Å²) < 4.78 is 0. The van der Waals surface area contributed by atoms with Crippen LogP contribution >= 0.6 is 0 Å². The average Bonchev–Trinajstić information content (AvgIpc) is 2.12. The van der Waals surface area contributed by atoms with E-state index in [0.717, 1.165) is 23.9 Å². The Kier molecular flexibility index (Phi) is 2.94. The van der Waals surface area contributed by atoms with E-state index in [9.17, 15) is 0 Å². The zero-order valence-corrected chi connectivity index (χ0v) is 13.0. The first-order chi connectivity index (χ1) is 7.66. The molecule has 1 heteroatoms. The molecule has 2 aliphatic heterocycles. The van der Waals surface area contributed by atoms with Gasteiger partial charge in [0, 0.05) is 18.1 Å². The Balaban J connectivity index is 2.38. The molecule has 0 amide bonds. The van der Waals surface area contributed by atoms with Gasteiger partial charge in [-0.2, -0.15) is 0 Å². The Morgan fingerprint density at radius 2 is 1.35 bits per heavy atom. The van der Waals surface area contributed by atoms with Crippen LogP contribution in [-0.2, 0) is 0 Å². The van der Waals surface area contributed by atoms with E-state index in [2.05, 4.69) is 60.3 Å². The molecule has 0 aromatic rings. The van der Waals surface area contributed by atoms with Crippen LogP contribution in [0.15, 0.2) is 0 Å². The van der Waals surface area contributed by atoms with Crippen LogP contribution in [0.3, 0.4) is 0 Å². The Hall–Kier alpha value is -0.0400. The molecule has 2 bridgehead atoms. The third-order valence-corrected chi connectivity index (χ3v) is 6.25. The van der Waals surface area contributed by atoms with Gasteiger partial charge in [-0.05, 0) is 56.8 Å². The summed E-state index contributed by atoms with van der Waals surface area (Å²) in [6.45, 7) is 19.5. The number of hydrogen-bond acceptors (Lipinski definition) is 1. The van der Waals surface area contributed by atoms with Crippen molar-refractivity contribution in [2.75, 3.05) is 0 Å². The van der Waals surface area contributed by atoms with Gasteiger partial charge in [0.25, 0.3) is 0 Å². The van der Waals surface area contributed by atoms with Gasteiger partial charge in [-0.25, -0.2) is 0 Å². The molecule has 100 valence electrons. The summed E-state index contributed by atoms with van der Waals surface area (Å²) in [7, 11) is 0. The third kappa shape index (κ3) is 1.47. The monoisotopic (exact) mass is 237 g/mol. The predicted molar refractivity (Wildman–Crippen MR) is 75.1 cm³/mol. The van der Waals surface area contributed by atoms with Crippen molar-refractivity contribution in [2.24, 2.45) is 22.7 Å². The Bertz CT molecular complexity index is 287. The molecule has 2 heterocycles. The van der Waals surface area contributed by atoms with Crippen molar-refractivity contribution in [3.8, 4) is 0 Å². The van der Waals surface area contributed by atoms with Crippen molar-refractivity contribution in [1.29, 1.82) is 0 Å². The van der Waals surface area contributed by atoms with E-state index < -0.39 is 0 Å². The van der Waals surface area contributed by atoms with Crippen molar-refractivity contribution >= 4 is 0 Å². The zero-order chi connectivity index (χ0) is 13.2. The van der Waals surface area contributed by atoms with Crippen molar-refractivity contribution in [3.63, 3.8) is 0 Å². The fourth-order valence-electron chi connectivity index (χ4n) is 5.91. The lowest BCUT2D eigenvalue weighted by molar-refractivity contribution is -0.262.